The number of nitrogens with zero attached hydrogens (tertiary/aromatic N) is 3. The minimum Gasteiger partial charge on any atom is -0.374 e. The molecule has 2 N–H and O–H groups in total. The van der Waals surface area contributed by atoms with Crippen LogP contribution < -0.4 is 5.73 Å². The second-order valence-electron chi connectivity index (χ2n) is 5.47. The van der Waals surface area contributed by atoms with Crippen LogP contribution in [0.3, 0.4) is 0 Å². The van der Waals surface area contributed by atoms with Crippen molar-refractivity contribution in [2.45, 2.75) is 39.8 Å². The summed E-state index contributed by atoms with van der Waals surface area (Å²) in [5, 5.41) is 4.32. The Morgan fingerprint density at radius 2 is 1.60 bits per heavy atom. The van der Waals surface area contributed by atoms with Crippen molar-refractivity contribution in [2.75, 3.05) is 25.6 Å². The fraction of sp³-hybridized carbons (Fsp3) is 0.529. The van der Waals surface area contributed by atoms with E-state index < -0.39 is 8.80 Å². The molecule has 0 amide bonds. The van der Waals surface area contributed by atoms with E-state index in [4.69, 9.17) is 19.0 Å². The van der Waals surface area contributed by atoms with E-state index in [1.165, 1.54) is 0 Å². The number of nitrogen functional groups attached to an aromatic ring is 1. The molecule has 0 saturated carbocycles. The minimum atomic E-state index is -2.63. The maximum Gasteiger partial charge on any atom is 0.500 e. The van der Waals surface area contributed by atoms with Crippen LogP contribution in [0.2, 0.25) is 6.04 Å². The van der Waals surface area contributed by atoms with Crippen molar-refractivity contribution in [1.82, 2.24) is 14.8 Å². The van der Waals surface area contributed by atoms with Gasteiger partial charge in [-0.3, -0.25) is 0 Å². The smallest absolute Gasteiger partial charge is 0.374 e. The molecule has 2 rings (SSSR count). The third-order valence-electron chi connectivity index (χ3n) is 3.67. The average molecular weight is 365 g/mol. The summed E-state index contributed by atoms with van der Waals surface area (Å²) in [5.41, 5.74) is 6.80. The Morgan fingerprint density at radius 3 is 2.16 bits per heavy atom. The van der Waals surface area contributed by atoms with Gasteiger partial charge in [-0.15, -0.1) is 5.10 Å². The lowest BCUT2D eigenvalue weighted by Gasteiger charge is -2.28. The minimum absolute atomic E-state index is 0.279. The van der Waals surface area contributed by atoms with Gasteiger partial charge in [0.2, 0.25) is 5.95 Å². The summed E-state index contributed by atoms with van der Waals surface area (Å²) >= 11 is 0. The van der Waals surface area contributed by atoms with E-state index in [0.29, 0.717) is 26.4 Å². The number of aromatic nitrogens is 3. The fourth-order valence-electron chi connectivity index (χ4n) is 2.76. The van der Waals surface area contributed by atoms with Crippen molar-refractivity contribution in [3.63, 3.8) is 0 Å². The molecule has 0 bridgehead atoms. The lowest BCUT2D eigenvalue weighted by molar-refractivity contribution is 0.0704. The van der Waals surface area contributed by atoms with Gasteiger partial charge in [0, 0.05) is 38.0 Å². The molecule has 138 valence electrons. The first-order valence-electron chi connectivity index (χ1n) is 8.81. The van der Waals surface area contributed by atoms with E-state index in [2.05, 4.69) is 10.1 Å². The summed E-state index contributed by atoms with van der Waals surface area (Å²) in [4.78, 5) is 4.35. The van der Waals surface area contributed by atoms with Gasteiger partial charge in [0.25, 0.3) is 0 Å². The van der Waals surface area contributed by atoms with Gasteiger partial charge in [0.1, 0.15) is 0 Å². The molecule has 8 heteroatoms. The van der Waals surface area contributed by atoms with E-state index in [1.54, 1.807) is 0 Å². The van der Waals surface area contributed by atoms with Crippen LogP contribution in [0.25, 0.3) is 11.4 Å². The number of anilines is 1. The predicted molar refractivity (Wildman–Crippen MR) is 99.9 cm³/mol. The summed E-state index contributed by atoms with van der Waals surface area (Å²) in [6.45, 7) is 8.31. The molecule has 0 spiro atoms. The van der Waals surface area contributed by atoms with E-state index >= 15 is 0 Å². The number of aryl methyl sites for hydroxylation is 1. The van der Waals surface area contributed by atoms with Gasteiger partial charge in [0.05, 0.1) is 0 Å². The maximum atomic E-state index is 5.89. The van der Waals surface area contributed by atoms with Crippen LogP contribution in [-0.2, 0) is 19.8 Å². The highest BCUT2D eigenvalue weighted by Gasteiger charge is 2.39. The molecule has 0 unspecified atom stereocenters. The Morgan fingerprint density at radius 1 is 1.00 bits per heavy atom. The zero-order valence-corrected chi connectivity index (χ0v) is 16.3. The number of benzene rings is 1. The van der Waals surface area contributed by atoms with Crippen LogP contribution in [0, 0.1) is 0 Å². The molecule has 25 heavy (non-hydrogen) atoms. The van der Waals surface area contributed by atoms with Crippen molar-refractivity contribution in [2.24, 2.45) is 0 Å². The van der Waals surface area contributed by atoms with Gasteiger partial charge >= 0.3 is 8.80 Å². The SMILES string of the molecule is CCO[Si](CCCn1nc(N)nc1-c1ccccc1)(OCC)OCC. The Balaban J connectivity index is 2.07. The molecule has 0 aliphatic rings. The molecule has 0 atom stereocenters. The van der Waals surface area contributed by atoms with Gasteiger partial charge in [0.15, 0.2) is 5.82 Å². The second kappa shape index (κ2) is 9.67. The highest BCUT2D eigenvalue weighted by molar-refractivity contribution is 6.60. The van der Waals surface area contributed by atoms with Crippen molar-refractivity contribution in [3.05, 3.63) is 30.3 Å². The summed E-state index contributed by atoms with van der Waals surface area (Å²) in [6, 6.07) is 10.7. The Hall–Kier alpha value is -1.74. The molecule has 0 saturated heterocycles. The summed E-state index contributed by atoms with van der Waals surface area (Å²) in [6.07, 6.45) is 0.814. The zero-order chi connectivity index (χ0) is 18.1. The van der Waals surface area contributed by atoms with Gasteiger partial charge in [-0.05, 0) is 27.2 Å². The van der Waals surface area contributed by atoms with Crippen molar-refractivity contribution >= 4 is 14.8 Å². The van der Waals surface area contributed by atoms with Crippen LogP contribution in [-0.4, -0.2) is 43.4 Å². The largest absolute Gasteiger partial charge is 0.500 e. The van der Waals surface area contributed by atoms with Gasteiger partial charge in [-0.1, -0.05) is 30.3 Å². The van der Waals surface area contributed by atoms with Crippen molar-refractivity contribution in [3.8, 4) is 11.4 Å². The van der Waals surface area contributed by atoms with Gasteiger partial charge in [-0.25, -0.2) is 4.68 Å². The second-order valence-corrected chi connectivity index (χ2v) is 8.20. The van der Waals surface area contributed by atoms with E-state index in [-0.39, 0.29) is 5.95 Å². The summed E-state index contributed by atoms with van der Waals surface area (Å²) < 4.78 is 19.5. The standard InChI is InChI=1S/C17H28N4O3Si/c1-4-22-25(23-5-2,24-6-3)14-10-13-21-16(19-17(18)20-21)15-11-8-7-9-12-15/h7-9,11-12H,4-6,10,13-14H2,1-3H3,(H2,18,20). The van der Waals surface area contributed by atoms with Crippen LogP contribution in [0.4, 0.5) is 5.95 Å². The first kappa shape index (κ1) is 19.6. The van der Waals surface area contributed by atoms with Crippen LogP contribution in [0.1, 0.15) is 27.2 Å². The van der Waals surface area contributed by atoms with Gasteiger partial charge < -0.3 is 19.0 Å². The number of rotatable bonds is 11. The molecule has 1 aromatic carbocycles. The maximum absolute atomic E-state index is 5.89. The van der Waals surface area contributed by atoms with Crippen LogP contribution in [0.15, 0.2) is 30.3 Å². The molecule has 2 aromatic rings. The summed E-state index contributed by atoms with van der Waals surface area (Å²) in [5.74, 6) is 1.05. The van der Waals surface area contributed by atoms with E-state index in [9.17, 15) is 0 Å². The van der Waals surface area contributed by atoms with Crippen LogP contribution >= 0.6 is 0 Å². The number of nitrogens with two attached hydrogens (primary N) is 1. The van der Waals surface area contributed by atoms with E-state index in [1.807, 2.05) is 55.8 Å². The monoisotopic (exact) mass is 364 g/mol. The highest BCUT2D eigenvalue weighted by atomic mass is 28.4. The Bertz CT molecular complexity index is 619. The lowest BCUT2D eigenvalue weighted by Crippen LogP contribution is -2.46. The van der Waals surface area contributed by atoms with Crippen molar-refractivity contribution in [1.29, 1.82) is 0 Å². The molecular weight excluding hydrogens is 336 g/mol. The first-order chi connectivity index (χ1) is 12.1. The molecule has 0 aliphatic carbocycles. The fourth-order valence-corrected chi connectivity index (χ4v) is 5.36. The molecule has 1 heterocycles. The Labute approximate surface area is 150 Å². The molecular formula is C17H28N4O3Si. The molecule has 0 aliphatic heterocycles. The third-order valence-corrected chi connectivity index (χ3v) is 6.82. The normalized spacial score (nSPS) is 11.8. The van der Waals surface area contributed by atoms with E-state index in [0.717, 1.165) is 23.9 Å². The molecule has 0 fully saturated rings. The van der Waals surface area contributed by atoms with Crippen molar-refractivity contribution < 1.29 is 13.3 Å². The zero-order valence-electron chi connectivity index (χ0n) is 15.3. The lowest BCUT2D eigenvalue weighted by atomic mass is 10.2. The van der Waals surface area contributed by atoms with Gasteiger partial charge in [-0.2, -0.15) is 4.98 Å². The highest BCUT2D eigenvalue weighted by Crippen LogP contribution is 2.21. The summed E-state index contributed by atoms with van der Waals surface area (Å²) in [7, 11) is -2.63. The number of hydrogen-bond donors (Lipinski definition) is 1. The topological polar surface area (TPSA) is 84.4 Å². The average Bonchev–Trinajstić information content (AvgIpc) is 2.97. The first-order valence-corrected chi connectivity index (χ1v) is 10.7. The molecule has 7 nitrogen and oxygen atoms in total. The van der Waals surface area contributed by atoms with Crippen LogP contribution in [0.5, 0.6) is 0 Å². The predicted octanol–water partition coefficient (Wildman–Crippen LogP) is 2.97. The Kier molecular flexibility index (Phi) is 7.57. The molecule has 1 aromatic heterocycles. The number of hydrogen-bond acceptors (Lipinski definition) is 6. The quantitative estimate of drug-likeness (QED) is 0.617. The molecule has 0 radical (unpaired) electrons. The third kappa shape index (κ3) is 5.37.